The molecule has 0 unspecified atom stereocenters. The van der Waals surface area contributed by atoms with Gasteiger partial charge >= 0.3 is 0 Å². The van der Waals surface area contributed by atoms with Crippen molar-refractivity contribution in [2.75, 3.05) is 0 Å². The first-order valence-corrected chi connectivity index (χ1v) is 4.95. The summed E-state index contributed by atoms with van der Waals surface area (Å²) in [7, 11) is 0. The number of nitrogens with one attached hydrogen (secondary N) is 1. The first kappa shape index (κ1) is 9.64. The maximum Gasteiger partial charge on any atom is 0.258 e. The van der Waals surface area contributed by atoms with E-state index in [1.165, 1.54) is 6.33 Å². The smallest absolute Gasteiger partial charge is 0.258 e. The summed E-state index contributed by atoms with van der Waals surface area (Å²) in [6.07, 6.45) is 3.09. The van der Waals surface area contributed by atoms with Crippen LogP contribution in [0.4, 0.5) is 0 Å². The molecule has 7 heteroatoms. The van der Waals surface area contributed by atoms with Crippen LogP contribution in [0.2, 0.25) is 0 Å². The van der Waals surface area contributed by atoms with Crippen molar-refractivity contribution in [1.82, 2.24) is 30.3 Å². The molecule has 0 saturated heterocycles. The number of aromatic nitrogens is 6. The Labute approximate surface area is 95.9 Å². The minimum absolute atomic E-state index is 0.381. The van der Waals surface area contributed by atoms with Gasteiger partial charge in [-0.1, -0.05) is 5.16 Å². The number of aryl methyl sites for hydroxylation is 1. The van der Waals surface area contributed by atoms with E-state index in [0.29, 0.717) is 17.5 Å². The highest BCUT2D eigenvalue weighted by atomic mass is 16.5. The lowest BCUT2D eigenvalue weighted by atomic mass is 10.2. The number of pyridine rings is 1. The summed E-state index contributed by atoms with van der Waals surface area (Å²) in [5.74, 6) is 1.29. The molecule has 3 aromatic heterocycles. The molecule has 0 bridgehead atoms. The molecule has 0 saturated carbocycles. The Morgan fingerprint density at radius 3 is 3.00 bits per heavy atom. The van der Waals surface area contributed by atoms with Gasteiger partial charge in [0.2, 0.25) is 5.82 Å². The second kappa shape index (κ2) is 3.78. The molecule has 3 heterocycles. The lowest BCUT2D eigenvalue weighted by molar-refractivity contribution is 0.432. The highest BCUT2D eigenvalue weighted by Crippen LogP contribution is 2.19. The molecular weight excluding hydrogens is 220 g/mol. The third-order valence-electron chi connectivity index (χ3n) is 2.20. The number of nitrogens with zero attached hydrogens (tertiary/aromatic N) is 5. The van der Waals surface area contributed by atoms with Crippen LogP contribution in [-0.2, 0) is 0 Å². The van der Waals surface area contributed by atoms with Gasteiger partial charge in [0.05, 0.1) is 0 Å². The lowest BCUT2D eigenvalue weighted by Crippen LogP contribution is -1.85. The van der Waals surface area contributed by atoms with Gasteiger partial charge in [0.15, 0.2) is 5.82 Å². The zero-order valence-electron chi connectivity index (χ0n) is 8.95. The fourth-order valence-electron chi connectivity index (χ4n) is 1.43. The van der Waals surface area contributed by atoms with E-state index in [-0.39, 0.29) is 0 Å². The molecule has 84 valence electrons. The van der Waals surface area contributed by atoms with Gasteiger partial charge in [-0.2, -0.15) is 10.1 Å². The van der Waals surface area contributed by atoms with E-state index in [1.807, 2.05) is 19.1 Å². The van der Waals surface area contributed by atoms with E-state index in [0.717, 1.165) is 11.3 Å². The molecule has 1 N–H and O–H groups in total. The van der Waals surface area contributed by atoms with E-state index in [4.69, 9.17) is 4.52 Å². The highest BCUT2D eigenvalue weighted by molar-refractivity contribution is 5.55. The molecule has 0 atom stereocenters. The molecule has 0 spiro atoms. The Bertz CT molecular complexity index is 630. The highest BCUT2D eigenvalue weighted by Gasteiger charge is 2.12. The average molecular weight is 228 g/mol. The van der Waals surface area contributed by atoms with Crippen LogP contribution in [-0.4, -0.2) is 30.3 Å². The zero-order valence-corrected chi connectivity index (χ0v) is 8.95. The largest absolute Gasteiger partial charge is 0.333 e. The Kier molecular flexibility index (Phi) is 2.14. The van der Waals surface area contributed by atoms with E-state index in [2.05, 4.69) is 30.3 Å². The van der Waals surface area contributed by atoms with Gasteiger partial charge in [-0.25, -0.2) is 4.98 Å². The SMILES string of the molecule is Cc1cc(-c2nc(-c3ncn[nH]3)no2)ccn1. The molecule has 0 aliphatic heterocycles. The fourth-order valence-corrected chi connectivity index (χ4v) is 1.43. The maximum atomic E-state index is 5.15. The summed E-state index contributed by atoms with van der Waals surface area (Å²) in [5, 5.41) is 10.2. The molecular formula is C10H8N6O. The summed E-state index contributed by atoms with van der Waals surface area (Å²) in [6, 6.07) is 3.68. The van der Waals surface area contributed by atoms with Crippen molar-refractivity contribution in [2.45, 2.75) is 6.92 Å². The molecule has 0 aromatic carbocycles. The van der Waals surface area contributed by atoms with Crippen molar-refractivity contribution in [3.8, 4) is 23.1 Å². The van der Waals surface area contributed by atoms with Crippen LogP contribution in [0.15, 0.2) is 29.2 Å². The maximum absolute atomic E-state index is 5.15. The summed E-state index contributed by atoms with van der Waals surface area (Å²) in [5.41, 5.74) is 1.72. The van der Waals surface area contributed by atoms with Gasteiger partial charge in [0.1, 0.15) is 6.33 Å². The van der Waals surface area contributed by atoms with Crippen molar-refractivity contribution < 1.29 is 4.52 Å². The third kappa shape index (κ3) is 1.78. The van der Waals surface area contributed by atoms with Crippen LogP contribution in [0, 0.1) is 6.92 Å². The van der Waals surface area contributed by atoms with Crippen LogP contribution >= 0.6 is 0 Å². The van der Waals surface area contributed by atoms with Crippen LogP contribution < -0.4 is 0 Å². The van der Waals surface area contributed by atoms with E-state index in [1.54, 1.807) is 6.20 Å². The van der Waals surface area contributed by atoms with E-state index >= 15 is 0 Å². The van der Waals surface area contributed by atoms with Gasteiger partial charge in [0.25, 0.3) is 5.89 Å². The Hall–Kier alpha value is -2.57. The van der Waals surface area contributed by atoms with Gasteiger partial charge in [0, 0.05) is 17.5 Å². The number of rotatable bonds is 2. The van der Waals surface area contributed by atoms with Gasteiger partial charge in [-0.05, 0) is 19.1 Å². The van der Waals surface area contributed by atoms with E-state index in [9.17, 15) is 0 Å². The standard InChI is InChI=1S/C10H8N6O/c1-6-4-7(2-3-11-6)10-14-9(16-17-10)8-12-5-13-15-8/h2-5H,1H3,(H,12,13,15). The molecule has 7 nitrogen and oxygen atoms in total. The minimum Gasteiger partial charge on any atom is -0.333 e. The Morgan fingerprint density at radius 2 is 2.24 bits per heavy atom. The molecule has 0 aliphatic rings. The number of H-pyrrole nitrogens is 1. The first-order valence-electron chi connectivity index (χ1n) is 4.95. The molecule has 3 rings (SSSR count). The lowest BCUT2D eigenvalue weighted by Gasteiger charge is -1.94. The van der Waals surface area contributed by atoms with Crippen molar-refractivity contribution >= 4 is 0 Å². The molecule has 17 heavy (non-hydrogen) atoms. The van der Waals surface area contributed by atoms with Crippen LogP contribution in [0.1, 0.15) is 5.69 Å². The zero-order chi connectivity index (χ0) is 11.7. The number of aromatic amines is 1. The Balaban J connectivity index is 2.01. The van der Waals surface area contributed by atoms with Crippen molar-refractivity contribution in [2.24, 2.45) is 0 Å². The summed E-state index contributed by atoms with van der Waals surface area (Å²) >= 11 is 0. The molecule has 0 fully saturated rings. The Morgan fingerprint density at radius 1 is 1.29 bits per heavy atom. The average Bonchev–Trinajstić information content (AvgIpc) is 3.00. The minimum atomic E-state index is 0.381. The van der Waals surface area contributed by atoms with Crippen LogP contribution in [0.5, 0.6) is 0 Å². The van der Waals surface area contributed by atoms with Crippen molar-refractivity contribution in [3.63, 3.8) is 0 Å². The monoisotopic (exact) mass is 228 g/mol. The van der Waals surface area contributed by atoms with Crippen LogP contribution in [0.3, 0.4) is 0 Å². The third-order valence-corrected chi connectivity index (χ3v) is 2.20. The molecule has 0 aliphatic carbocycles. The second-order valence-corrected chi connectivity index (χ2v) is 3.44. The van der Waals surface area contributed by atoms with Crippen molar-refractivity contribution in [1.29, 1.82) is 0 Å². The summed E-state index contributed by atoms with van der Waals surface area (Å²) in [6.45, 7) is 1.90. The van der Waals surface area contributed by atoms with Gasteiger partial charge in [-0.3, -0.25) is 10.1 Å². The number of hydrogen-bond acceptors (Lipinski definition) is 6. The van der Waals surface area contributed by atoms with Gasteiger partial charge < -0.3 is 4.52 Å². The quantitative estimate of drug-likeness (QED) is 0.708. The predicted octanol–water partition coefficient (Wildman–Crippen LogP) is 1.23. The first-order chi connectivity index (χ1) is 8.33. The van der Waals surface area contributed by atoms with Crippen molar-refractivity contribution in [3.05, 3.63) is 30.4 Å². The molecule has 3 aromatic rings. The van der Waals surface area contributed by atoms with E-state index < -0.39 is 0 Å². The molecule has 0 amide bonds. The molecule has 0 radical (unpaired) electrons. The summed E-state index contributed by atoms with van der Waals surface area (Å²) in [4.78, 5) is 12.3. The second-order valence-electron chi connectivity index (χ2n) is 3.44. The van der Waals surface area contributed by atoms with Gasteiger partial charge in [-0.15, -0.1) is 0 Å². The predicted molar refractivity (Wildman–Crippen MR) is 57.6 cm³/mol. The number of hydrogen-bond donors (Lipinski definition) is 1. The fraction of sp³-hybridized carbons (Fsp3) is 0.100. The normalized spacial score (nSPS) is 10.6. The topological polar surface area (TPSA) is 93.4 Å². The summed E-state index contributed by atoms with van der Waals surface area (Å²) < 4.78 is 5.15. The van der Waals surface area contributed by atoms with Crippen LogP contribution in [0.25, 0.3) is 23.1 Å².